The van der Waals surface area contributed by atoms with Gasteiger partial charge in [-0.15, -0.1) is 0 Å². The molecule has 3 N–H and O–H groups in total. The number of nitrogens with one attached hydrogen (secondary N) is 2. The van der Waals surface area contributed by atoms with E-state index < -0.39 is 27.6 Å². The predicted molar refractivity (Wildman–Crippen MR) is 158 cm³/mol. The maximum Gasteiger partial charge on any atom is 0.255 e. The first-order valence-electron chi connectivity index (χ1n) is 12.8. The van der Waals surface area contributed by atoms with E-state index in [0.29, 0.717) is 27.7 Å². The normalized spacial score (nSPS) is 11.7. The summed E-state index contributed by atoms with van der Waals surface area (Å²) in [5, 5.41) is 13.9. The molecule has 218 valence electrons. The Hall–Kier alpha value is -5.30. The van der Waals surface area contributed by atoms with E-state index in [1.54, 1.807) is 6.07 Å². The number of anilines is 1. The fourth-order valence-corrected chi connectivity index (χ4v) is 5.38. The molecule has 43 heavy (non-hydrogen) atoms. The van der Waals surface area contributed by atoms with E-state index >= 15 is 0 Å². The Morgan fingerprint density at radius 3 is 2.47 bits per heavy atom. The number of rotatable bonds is 6. The number of aromatic nitrogens is 3. The van der Waals surface area contributed by atoms with Crippen molar-refractivity contribution in [3.8, 4) is 39.7 Å². The van der Waals surface area contributed by atoms with Crippen LogP contribution in [0.4, 0.5) is 14.5 Å². The van der Waals surface area contributed by atoms with Gasteiger partial charge in [-0.3, -0.25) is 14.1 Å². The highest BCUT2D eigenvalue weighted by Crippen LogP contribution is 2.42. The summed E-state index contributed by atoms with van der Waals surface area (Å²) < 4.78 is 60.5. The van der Waals surface area contributed by atoms with Crippen LogP contribution in [0.5, 0.6) is 5.75 Å². The first-order valence-corrected chi connectivity index (χ1v) is 14.7. The van der Waals surface area contributed by atoms with Gasteiger partial charge in [0.25, 0.3) is 5.91 Å². The molecule has 6 aromatic rings. The van der Waals surface area contributed by atoms with Gasteiger partial charge in [-0.25, -0.2) is 22.2 Å². The lowest BCUT2D eigenvalue weighted by Gasteiger charge is -2.20. The summed E-state index contributed by atoms with van der Waals surface area (Å²) >= 11 is 0. The molecule has 0 fully saturated rings. The Labute approximate surface area is 243 Å². The summed E-state index contributed by atoms with van der Waals surface area (Å²) in [7, 11) is -0.977. The molecule has 0 aliphatic carbocycles. The van der Waals surface area contributed by atoms with Gasteiger partial charge in [0.05, 0.1) is 46.8 Å². The number of pyridine rings is 2. The molecular formula is C30H23F2N5O5S. The van der Waals surface area contributed by atoms with Crippen molar-refractivity contribution in [1.29, 1.82) is 0 Å². The molecule has 0 bridgehead atoms. The van der Waals surface area contributed by atoms with Crippen molar-refractivity contribution in [2.24, 2.45) is 0 Å². The van der Waals surface area contributed by atoms with E-state index in [0.717, 1.165) is 16.8 Å². The topological polar surface area (TPSA) is 141 Å². The molecule has 4 heterocycles. The Morgan fingerprint density at radius 1 is 1.05 bits per heavy atom. The molecule has 0 radical (unpaired) electrons. The molecular weight excluding hydrogens is 580 g/mol. The number of H-pyrrole nitrogens is 1. The maximum atomic E-state index is 14.4. The fourth-order valence-electron chi connectivity index (χ4n) is 4.88. The summed E-state index contributed by atoms with van der Waals surface area (Å²) in [4.78, 5) is 24.6. The van der Waals surface area contributed by atoms with Crippen LogP contribution >= 0.6 is 0 Å². The highest BCUT2D eigenvalue weighted by molar-refractivity contribution is 7.92. The van der Waals surface area contributed by atoms with Crippen molar-refractivity contribution in [3.05, 3.63) is 84.2 Å². The highest BCUT2D eigenvalue weighted by atomic mass is 32.2. The van der Waals surface area contributed by atoms with Gasteiger partial charge in [0, 0.05) is 42.1 Å². The summed E-state index contributed by atoms with van der Waals surface area (Å²) in [6, 6.07) is 12.8. The second-order valence-corrected chi connectivity index (χ2v) is 11.8. The first kappa shape index (κ1) is 27.8. The molecule has 0 saturated carbocycles. The standard InChI is InChI=1S/C30H23F2N5O5S/c1-33-30(39)27-19-10-18(21-8-9-25(38)28(36-21)22-11-17-20(32)13-34-14-23(17)35-22)24(37(2)43(3,40)41)12-26(19)42-29(27)15-4-6-16(31)7-5-15/h4-14,35,38H,1-3H3,(H,33,39). The second kappa shape index (κ2) is 10.2. The number of sulfonamides is 1. The van der Waals surface area contributed by atoms with Crippen LogP contribution in [0.2, 0.25) is 0 Å². The van der Waals surface area contributed by atoms with Gasteiger partial charge < -0.3 is 19.8 Å². The minimum absolute atomic E-state index is 0.0758. The Kier molecular flexibility index (Phi) is 6.61. The van der Waals surface area contributed by atoms with Crippen LogP contribution < -0.4 is 9.62 Å². The van der Waals surface area contributed by atoms with E-state index in [1.165, 1.54) is 68.8 Å². The van der Waals surface area contributed by atoms with Crippen molar-refractivity contribution < 1.29 is 31.5 Å². The number of carbonyl (C=O) groups is 1. The van der Waals surface area contributed by atoms with Crippen LogP contribution in [0.3, 0.4) is 0 Å². The van der Waals surface area contributed by atoms with Crippen LogP contribution in [0, 0.1) is 11.6 Å². The van der Waals surface area contributed by atoms with Crippen molar-refractivity contribution in [3.63, 3.8) is 0 Å². The van der Waals surface area contributed by atoms with Crippen LogP contribution in [0.15, 0.2) is 71.4 Å². The monoisotopic (exact) mass is 603 g/mol. The number of benzene rings is 2. The van der Waals surface area contributed by atoms with E-state index in [2.05, 4.69) is 20.3 Å². The minimum atomic E-state index is -3.79. The molecule has 0 aliphatic rings. The zero-order chi connectivity index (χ0) is 30.6. The third-order valence-corrected chi connectivity index (χ3v) is 8.30. The van der Waals surface area contributed by atoms with Gasteiger partial charge in [0.2, 0.25) is 10.0 Å². The SMILES string of the molecule is CNC(=O)c1c(-c2ccc(F)cc2)oc2cc(N(C)S(C)(=O)=O)c(-c3ccc(O)c(-c4cc5c(F)cncc5[nH]4)n3)cc12. The van der Waals surface area contributed by atoms with Crippen LogP contribution in [-0.4, -0.2) is 54.7 Å². The van der Waals surface area contributed by atoms with E-state index in [4.69, 9.17) is 4.42 Å². The number of aromatic amines is 1. The Balaban J connectivity index is 1.63. The molecule has 0 unspecified atom stereocenters. The number of carbonyl (C=O) groups excluding carboxylic acids is 1. The number of hydrogen-bond acceptors (Lipinski definition) is 7. The Morgan fingerprint density at radius 2 is 1.79 bits per heavy atom. The fraction of sp³-hybridized carbons (Fsp3) is 0.100. The summed E-state index contributed by atoms with van der Waals surface area (Å²) in [5.41, 5.74) is 2.26. The highest BCUT2D eigenvalue weighted by Gasteiger charge is 2.27. The smallest absolute Gasteiger partial charge is 0.255 e. The van der Waals surface area contributed by atoms with Crippen LogP contribution in [0.25, 0.3) is 55.8 Å². The van der Waals surface area contributed by atoms with Crippen molar-refractivity contribution >= 4 is 43.5 Å². The van der Waals surface area contributed by atoms with Gasteiger partial charge >= 0.3 is 0 Å². The molecule has 0 aliphatic heterocycles. The number of fused-ring (bicyclic) bond motifs is 2. The first-order chi connectivity index (χ1) is 20.5. The third-order valence-electron chi connectivity index (χ3n) is 7.11. The largest absolute Gasteiger partial charge is 0.506 e. The van der Waals surface area contributed by atoms with Gasteiger partial charge in [-0.1, -0.05) is 0 Å². The summed E-state index contributed by atoms with van der Waals surface area (Å²) in [6.07, 6.45) is 3.54. The molecule has 2 aromatic carbocycles. The van der Waals surface area contributed by atoms with Crippen molar-refractivity contribution in [2.45, 2.75) is 0 Å². The van der Waals surface area contributed by atoms with E-state index in [1.807, 2.05) is 0 Å². The molecule has 13 heteroatoms. The van der Waals surface area contributed by atoms with Gasteiger partial charge in [-0.2, -0.15) is 0 Å². The quantitative estimate of drug-likeness (QED) is 0.230. The van der Waals surface area contributed by atoms with Crippen molar-refractivity contribution in [2.75, 3.05) is 24.7 Å². The number of nitrogens with zero attached hydrogens (tertiary/aromatic N) is 3. The van der Waals surface area contributed by atoms with E-state index in [-0.39, 0.29) is 45.1 Å². The van der Waals surface area contributed by atoms with Gasteiger partial charge in [-0.05, 0) is 48.5 Å². The zero-order valence-electron chi connectivity index (χ0n) is 22.9. The summed E-state index contributed by atoms with van der Waals surface area (Å²) in [6.45, 7) is 0. The average molecular weight is 604 g/mol. The van der Waals surface area contributed by atoms with Gasteiger partial charge in [0.1, 0.15) is 28.6 Å². The molecule has 4 aromatic heterocycles. The lowest BCUT2D eigenvalue weighted by molar-refractivity contribution is 0.0964. The lowest BCUT2D eigenvalue weighted by atomic mass is 10.0. The maximum absolute atomic E-state index is 14.4. The number of furan rings is 1. The summed E-state index contributed by atoms with van der Waals surface area (Å²) in [5.74, 6) is -1.56. The van der Waals surface area contributed by atoms with Gasteiger partial charge in [0.15, 0.2) is 5.82 Å². The zero-order valence-corrected chi connectivity index (χ0v) is 23.8. The Bertz CT molecular complexity index is 2180. The number of halogens is 2. The third kappa shape index (κ3) is 4.83. The lowest BCUT2D eigenvalue weighted by Crippen LogP contribution is -2.25. The number of amides is 1. The molecule has 0 spiro atoms. The molecule has 0 atom stereocenters. The predicted octanol–water partition coefficient (Wildman–Crippen LogP) is 5.44. The molecule has 1 amide bonds. The van der Waals surface area contributed by atoms with Crippen LogP contribution in [-0.2, 0) is 10.0 Å². The molecule has 10 nitrogen and oxygen atoms in total. The molecule has 0 saturated heterocycles. The minimum Gasteiger partial charge on any atom is -0.506 e. The number of hydrogen-bond donors (Lipinski definition) is 3. The van der Waals surface area contributed by atoms with Crippen molar-refractivity contribution in [1.82, 2.24) is 20.3 Å². The number of aromatic hydroxyl groups is 1. The second-order valence-electron chi connectivity index (χ2n) is 9.82. The van der Waals surface area contributed by atoms with Crippen LogP contribution in [0.1, 0.15) is 10.4 Å². The molecule has 6 rings (SSSR count). The van der Waals surface area contributed by atoms with E-state index in [9.17, 15) is 27.1 Å². The average Bonchev–Trinajstić information content (AvgIpc) is 3.58.